The molecule has 1 amide bonds. The highest BCUT2D eigenvalue weighted by Crippen LogP contribution is 2.47. The van der Waals surface area contributed by atoms with Gasteiger partial charge in [-0.25, -0.2) is 4.98 Å². The lowest BCUT2D eigenvalue weighted by molar-refractivity contribution is -0.114. The number of benzene rings is 1. The number of hydrogen-bond donors (Lipinski definition) is 4. The molecule has 0 aliphatic heterocycles. The summed E-state index contributed by atoms with van der Waals surface area (Å²) < 4.78 is 0. The van der Waals surface area contributed by atoms with Crippen LogP contribution >= 0.6 is 0 Å². The van der Waals surface area contributed by atoms with Gasteiger partial charge in [0.25, 0.3) is 0 Å². The zero-order valence-corrected chi connectivity index (χ0v) is 18.7. The number of rotatable bonds is 5. The van der Waals surface area contributed by atoms with E-state index in [-0.39, 0.29) is 18.1 Å². The number of hydrogen-bond acceptors (Lipinski definition) is 5. The lowest BCUT2D eigenvalue weighted by Gasteiger charge is -2.42. The van der Waals surface area contributed by atoms with Gasteiger partial charge in [-0.3, -0.25) is 9.59 Å². The number of pyridine rings is 1. The first-order valence-electron chi connectivity index (χ1n) is 10.6. The first-order valence-corrected chi connectivity index (χ1v) is 10.6. The lowest BCUT2D eigenvalue weighted by Crippen LogP contribution is -2.46. The van der Waals surface area contributed by atoms with Crippen LogP contribution in [0.4, 0.5) is 17.2 Å². The first-order chi connectivity index (χ1) is 15.1. The van der Waals surface area contributed by atoms with Crippen molar-refractivity contribution in [1.29, 1.82) is 0 Å². The highest BCUT2D eigenvalue weighted by molar-refractivity contribution is 6.08. The number of aliphatic hydroxyl groups is 1. The van der Waals surface area contributed by atoms with Gasteiger partial charge in [0.05, 0.1) is 22.5 Å². The molecule has 1 aliphatic carbocycles. The van der Waals surface area contributed by atoms with E-state index in [4.69, 9.17) is 0 Å². The van der Waals surface area contributed by atoms with Crippen molar-refractivity contribution in [3.8, 4) is 11.3 Å². The fourth-order valence-electron chi connectivity index (χ4n) is 4.16. The van der Waals surface area contributed by atoms with Crippen molar-refractivity contribution in [1.82, 2.24) is 9.97 Å². The number of ketones is 1. The topological polar surface area (TPSA) is 107 Å². The Balaban J connectivity index is 1.86. The number of aromatic amines is 1. The summed E-state index contributed by atoms with van der Waals surface area (Å²) in [5.41, 5.74) is 2.86. The summed E-state index contributed by atoms with van der Waals surface area (Å²) in [7, 11) is 0. The van der Waals surface area contributed by atoms with Crippen molar-refractivity contribution in [2.24, 2.45) is 5.41 Å². The van der Waals surface area contributed by atoms with Gasteiger partial charge in [0.1, 0.15) is 5.82 Å². The van der Waals surface area contributed by atoms with Gasteiger partial charge in [0.2, 0.25) is 5.91 Å². The Hall–Kier alpha value is -3.45. The Morgan fingerprint density at radius 2 is 1.91 bits per heavy atom. The Morgan fingerprint density at radius 1 is 1.19 bits per heavy atom. The molecule has 2 aromatic heterocycles. The van der Waals surface area contributed by atoms with Crippen LogP contribution in [0.5, 0.6) is 0 Å². The van der Waals surface area contributed by atoms with Crippen molar-refractivity contribution in [2.45, 2.75) is 46.1 Å². The van der Waals surface area contributed by atoms with Crippen LogP contribution in [0.3, 0.4) is 0 Å². The molecular formula is C25H28N4O3. The SMILES string of the molecule is CC(=O)Nc1cc(-c2[nH]c3c(c2Nc2ccccc2)C(=O)CC(C)(C(C)(C)O)C3)ccn1. The van der Waals surface area contributed by atoms with Crippen LogP contribution in [-0.4, -0.2) is 32.4 Å². The molecule has 7 nitrogen and oxygen atoms in total. The van der Waals surface area contributed by atoms with Crippen LogP contribution < -0.4 is 10.6 Å². The molecule has 0 radical (unpaired) electrons. The molecule has 3 aromatic rings. The average molecular weight is 433 g/mol. The minimum absolute atomic E-state index is 0.0204. The number of amides is 1. The van der Waals surface area contributed by atoms with Crippen LogP contribution in [0.2, 0.25) is 0 Å². The molecule has 1 aliphatic rings. The Bertz CT molecular complexity index is 1180. The minimum Gasteiger partial charge on any atom is -0.390 e. The number of aromatic nitrogens is 2. The quantitative estimate of drug-likeness (QED) is 0.468. The highest BCUT2D eigenvalue weighted by atomic mass is 16.3. The maximum atomic E-state index is 13.4. The molecule has 0 saturated carbocycles. The smallest absolute Gasteiger partial charge is 0.222 e. The Labute approximate surface area is 187 Å². The number of anilines is 3. The van der Waals surface area contributed by atoms with E-state index in [1.165, 1.54) is 6.92 Å². The molecular weight excluding hydrogens is 404 g/mol. The van der Waals surface area contributed by atoms with Gasteiger partial charge in [-0.15, -0.1) is 0 Å². The van der Waals surface area contributed by atoms with Crippen molar-refractivity contribution < 1.29 is 14.7 Å². The van der Waals surface area contributed by atoms with E-state index in [0.29, 0.717) is 23.5 Å². The number of carbonyl (C=O) groups excluding carboxylic acids is 2. The van der Waals surface area contributed by atoms with Gasteiger partial charge < -0.3 is 20.7 Å². The summed E-state index contributed by atoms with van der Waals surface area (Å²) in [6.45, 7) is 6.88. The zero-order chi connectivity index (χ0) is 23.1. The molecule has 1 unspecified atom stereocenters. The molecule has 0 bridgehead atoms. The third-order valence-corrected chi connectivity index (χ3v) is 6.35. The largest absolute Gasteiger partial charge is 0.390 e. The molecule has 2 heterocycles. The number of carbonyl (C=O) groups is 2. The molecule has 7 heteroatoms. The molecule has 0 fully saturated rings. The van der Waals surface area contributed by atoms with E-state index in [9.17, 15) is 14.7 Å². The lowest BCUT2D eigenvalue weighted by atomic mass is 9.65. The predicted molar refractivity (Wildman–Crippen MR) is 125 cm³/mol. The van der Waals surface area contributed by atoms with Gasteiger partial charge in [-0.05, 0) is 44.5 Å². The van der Waals surface area contributed by atoms with Crippen LogP contribution in [0, 0.1) is 5.41 Å². The van der Waals surface area contributed by atoms with E-state index in [1.54, 1.807) is 26.1 Å². The van der Waals surface area contributed by atoms with Crippen LogP contribution in [0.1, 0.15) is 50.2 Å². The van der Waals surface area contributed by atoms with Crippen molar-refractivity contribution in [3.05, 3.63) is 59.9 Å². The Kier molecular flexibility index (Phi) is 5.38. The summed E-state index contributed by atoms with van der Waals surface area (Å²) in [6.07, 6.45) is 2.40. The van der Waals surface area contributed by atoms with Crippen LogP contribution in [0.15, 0.2) is 48.7 Å². The second kappa shape index (κ2) is 7.91. The summed E-state index contributed by atoms with van der Waals surface area (Å²) in [4.78, 5) is 32.5. The number of Topliss-reactive ketones (excluding diaryl/α,β-unsaturated/α-hetero) is 1. The normalized spacial score (nSPS) is 18.2. The Morgan fingerprint density at radius 3 is 2.56 bits per heavy atom. The third kappa shape index (κ3) is 4.03. The third-order valence-electron chi connectivity index (χ3n) is 6.35. The standard InChI is InChI=1S/C25H28N4O3/c1-15(30)27-20-12-16(10-11-26-20)22-23(28-17-8-6-5-7-9-17)21-18(29-22)13-25(4,14-19(21)31)24(2,3)32/h5-12,28-29,32H,13-14H2,1-4H3,(H,26,27,30). The van der Waals surface area contributed by atoms with E-state index < -0.39 is 11.0 Å². The molecule has 4 rings (SSSR count). The van der Waals surface area contributed by atoms with Gasteiger partial charge in [0, 0.05) is 41.9 Å². The number of fused-ring (bicyclic) bond motifs is 1. The number of H-pyrrole nitrogens is 1. The fraction of sp³-hybridized carbons (Fsp3) is 0.320. The van der Waals surface area contributed by atoms with E-state index in [0.717, 1.165) is 22.6 Å². The zero-order valence-electron chi connectivity index (χ0n) is 18.7. The van der Waals surface area contributed by atoms with E-state index in [2.05, 4.69) is 20.6 Å². The second-order valence-corrected chi connectivity index (χ2v) is 9.23. The summed E-state index contributed by atoms with van der Waals surface area (Å²) >= 11 is 0. The summed E-state index contributed by atoms with van der Waals surface area (Å²) in [5, 5.41) is 16.9. The number of nitrogens with zero attached hydrogens (tertiary/aromatic N) is 1. The summed E-state index contributed by atoms with van der Waals surface area (Å²) in [6, 6.07) is 13.3. The van der Waals surface area contributed by atoms with E-state index in [1.807, 2.05) is 43.3 Å². The van der Waals surface area contributed by atoms with Gasteiger partial charge in [-0.2, -0.15) is 0 Å². The molecule has 166 valence electrons. The van der Waals surface area contributed by atoms with Crippen molar-refractivity contribution in [2.75, 3.05) is 10.6 Å². The van der Waals surface area contributed by atoms with Crippen molar-refractivity contribution >= 4 is 28.9 Å². The highest BCUT2D eigenvalue weighted by Gasteiger charge is 2.46. The van der Waals surface area contributed by atoms with Gasteiger partial charge in [0.15, 0.2) is 5.78 Å². The molecule has 0 saturated heterocycles. The fourth-order valence-corrected chi connectivity index (χ4v) is 4.16. The van der Waals surface area contributed by atoms with Crippen LogP contribution in [-0.2, 0) is 11.2 Å². The van der Waals surface area contributed by atoms with Crippen molar-refractivity contribution in [3.63, 3.8) is 0 Å². The van der Waals surface area contributed by atoms with E-state index >= 15 is 0 Å². The van der Waals surface area contributed by atoms with Gasteiger partial charge >= 0.3 is 0 Å². The maximum Gasteiger partial charge on any atom is 0.222 e. The average Bonchev–Trinajstić information content (AvgIpc) is 3.06. The van der Waals surface area contributed by atoms with Crippen LogP contribution in [0.25, 0.3) is 11.3 Å². The first kappa shape index (κ1) is 21.8. The summed E-state index contributed by atoms with van der Waals surface area (Å²) in [5.74, 6) is 0.202. The molecule has 1 atom stereocenters. The van der Waals surface area contributed by atoms with Gasteiger partial charge in [-0.1, -0.05) is 25.1 Å². The monoisotopic (exact) mass is 432 g/mol. The predicted octanol–water partition coefficient (Wildman–Crippen LogP) is 4.68. The molecule has 1 aromatic carbocycles. The molecule has 32 heavy (non-hydrogen) atoms. The second-order valence-electron chi connectivity index (χ2n) is 9.23. The number of nitrogens with one attached hydrogen (secondary N) is 3. The molecule has 0 spiro atoms. The maximum absolute atomic E-state index is 13.4. The minimum atomic E-state index is -1.02. The number of para-hydroxylation sites is 1. The molecule has 4 N–H and O–H groups in total.